The van der Waals surface area contributed by atoms with Crippen molar-refractivity contribution < 1.29 is 36.3 Å². The van der Waals surface area contributed by atoms with Crippen molar-refractivity contribution in [2.75, 3.05) is 7.11 Å². The first kappa shape index (κ1) is 19.6. The summed E-state index contributed by atoms with van der Waals surface area (Å²) in [6, 6.07) is 3.72. The molecule has 0 fully saturated rings. The lowest BCUT2D eigenvalue weighted by atomic mass is 10.2. The van der Waals surface area contributed by atoms with E-state index < -0.39 is 34.9 Å². The molecule has 1 atom stereocenters. The lowest BCUT2D eigenvalue weighted by molar-refractivity contribution is -0.391. The maximum absolute atomic E-state index is 13.3. The largest absolute Gasteiger partial charge is 0.609 e. The number of aromatic amines is 1. The van der Waals surface area contributed by atoms with Crippen LogP contribution >= 0.6 is 0 Å². The Morgan fingerprint density at radius 3 is 2.48 bits per heavy atom. The van der Waals surface area contributed by atoms with Crippen LogP contribution in [0.2, 0.25) is 0 Å². The van der Waals surface area contributed by atoms with Gasteiger partial charge in [0.15, 0.2) is 17.3 Å². The van der Waals surface area contributed by atoms with Gasteiger partial charge >= 0.3 is 17.4 Å². The predicted molar refractivity (Wildman–Crippen MR) is 92.9 cm³/mol. The number of hydrogen-bond donors (Lipinski definition) is 1. The molecule has 3 heterocycles. The number of methoxy groups -OCH3 is 1. The molecule has 0 amide bonds. The maximum Gasteiger partial charge on any atom is 0.507 e. The van der Waals surface area contributed by atoms with Gasteiger partial charge in [-0.3, -0.25) is 9.97 Å². The number of alkyl halides is 4. The Balaban J connectivity index is 1.65. The van der Waals surface area contributed by atoms with Gasteiger partial charge in [0, 0.05) is 35.1 Å². The van der Waals surface area contributed by atoms with Crippen LogP contribution in [-0.4, -0.2) is 38.8 Å². The van der Waals surface area contributed by atoms with Crippen molar-refractivity contribution in [3.63, 3.8) is 0 Å². The zero-order chi connectivity index (χ0) is 21.0. The van der Waals surface area contributed by atoms with Crippen molar-refractivity contribution in [2.45, 2.75) is 30.1 Å². The van der Waals surface area contributed by atoms with E-state index in [4.69, 9.17) is 4.74 Å². The fourth-order valence-corrected chi connectivity index (χ4v) is 3.87. The van der Waals surface area contributed by atoms with E-state index in [1.165, 1.54) is 13.3 Å². The summed E-state index contributed by atoms with van der Waals surface area (Å²) in [6.45, 7) is 1.76. The highest BCUT2D eigenvalue weighted by molar-refractivity contribution is 7.90. The van der Waals surface area contributed by atoms with Crippen molar-refractivity contribution in [1.29, 1.82) is 0 Å². The van der Waals surface area contributed by atoms with Gasteiger partial charge in [-0.2, -0.15) is 22.5 Å². The average molecular weight is 431 g/mol. The molecule has 0 bridgehead atoms. The zero-order valence-electron chi connectivity index (χ0n) is 15.0. The molecule has 154 valence electrons. The van der Waals surface area contributed by atoms with Gasteiger partial charge in [0.25, 0.3) is 0 Å². The number of fused-ring (bicyclic) bond motifs is 2. The molecule has 1 N–H and O–H groups in total. The lowest BCUT2D eigenvalue weighted by Crippen LogP contribution is -2.52. The van der Waals surface area contributed by atoms with Crippen LogP contribution in [-0.2, 0) is 16.9 Å². The maximum atomic E-state index is 13.3. The monoisotopic (exact) mass is 431 g/mol. The second kappa shape index (κ2) is 6.66. The Labute approximate surface area is 164 Å². The fraction of sp³-hybridized carbons (Fsp3) is 0.294. The van der Waals surface area contributed by atoms with Crippen LogP contribution in [0.15, 0.2) is 29.6 Å². The van der Waals surface area contributed by atoms with E-state index in [-0.39, 0.29) is 21.9 Å². The summed E-state index contributed by atoms with van der Waals surface area (Å²) in [5, 5.41) is 0.0184. The van der Waals surface area contributed by atoms with Crippen LogP contribution in [0.4, 0.5) is 17.6 Å². The number of aromatic nitrogens is 3. The first-order valence-electron chi connectivity index (χ1n) is 8.15. The Morgan fingerprint density at radius 1 is 1.17 bits per heavy atom. The topological polar surface area (TPSA) is 92.3 Å². The van der Waals surface area contributed by atoms with Crippen LogP contribution < -0.4 is 14.2 Å². The molecule has 4 rings (SSSR count). The van der Waals surface area contributed by atoms with E-state index in [1.54, 1.807) is 13.0 Å². The van der Waals surface area contributed by atoms with Gasteiger partial charge in [0.05, 0.1) is 23.8 Å². The molecule has 0 spiro atoms. The summed E-state index contributed by atoms with van der Waals surface area (Å²) >= 11 is -1.68. The summed E-state index contributed by atoms with van der Waals surface area (Å²) < 4.78 is 79.5. The molecule has 1 aromatic carbocycles. The molecule has 3 aromatic rings. The number of H-pyrrole nitrogens is 1. The van der Waals surface area contributed by atoms with E-state index >= 15 is 0 Å². The van der Waals surface area contributed by atoms with Crippen LogP contribution in [0.3, 0.4) is 0 Å². The van der Waals surface area contributed by atoms with Gasteiger partial charge in [-0.25, -0.2) is 0 Å². The molecule has 1 unspecified atom stereocenters. The van der Waals surface area contributed by atoms with E-state index in [1.807, 2.05) is 0 Å². The third-order valence-corrected chi connectivity index (χ3v) is 5.46. The standard InChI is InChI=1S/C17H13F4N3O4S/c1-8-11(22-4-3-12(8)26-2)7-29(25)15-23-9-5-13-14(6-10(9)24-15)28-17(20,21)16(18,19)27-13/h3-6H,7H2,1-2H3,(H,23,24). The van der Waals surface area contributed by atoms with Gasteiger partial charge in [0.2, 0.25) is 0 Å². The predicted octanol–water partition coefficient (Wildman–Crippen LogP) is 3.54. The molecule has 0 aliphatic carbocycles. The van der Waals surface area contributed by atoms with Gasteiger partial charge in [-0.15, -0.1) is 0 Å². The molecule has 29 heavy (non-hydrogen) atoms. The van der Waals surface area contributed by atoms with E-state index in [0.29, 0.717) is 17.0 Å². The lowest BCUT2D eigenvalue weighted by Gasteiger charge is -2.31. The second-order valence-electron chi connectivity index (χ2n) is 6.17. The third-order valence-electron chi connectivity index (χ3n) is 4.30. The van der Waals surface area contributed by atoms with Crippen molar-refractivity contribution in [1.82, 2.24) is 15.0 Å². The Hall–Kier alpha value is -2.73. The smallest absolute Gasteiger partial charge is 0.507 e. The summed E-state index contributed by atoms with van der Waals surface area (Å²) in [6.07, 6.45) is -8.14. The number of ether oxygens (including phenoxy) is 3. The third kappa shape index (κ3) is 3.31. The molecule has 0 saturated carbocycles. The van der Waals surface area contributed by atoms with E-state index in [2.05, 4.69) is 24.4 Å². The van der Waals surface area contributed by atoms with Gasteiger partial charge in [0.1, 0.15) is 5.75 Å². The molecule has 7 nitrogen and oxygen atoms in total. The van der Waals surface area contributed by atoms with Crippen LogP contribution in [0, 0.1) is 6.92 Å². The fourth-order valence-electron chi connectivity index (χ4n) is 2.77. The van der Waals surface area contributed by atoms with Crippen molar-refractivity contribution in [3.05, 3.63) is 35.7 Å². The summed E-state index contributed by atoms with van der Waals surface area (Å²) in [5.74, 6) is -0.589. The molecular formula is C17H13F4N3O4S. The van der Waals surface area contributed by atoms with Crippen molar-refractivity contribution >= 4 is 22.2 Å². The number of imidazole rings is 1. The Kier molecular flexibility index (Phi) is 4.50. The van der Waals surface area contributed by atoms with Crippen LogP contribution in [0.1, 0.15) is 11.3 Å². The minimum Gasteiger partial charge on any atom is -0.609 e. The molecule has 0 saturated heterocycles. The first-order chi connectivity index (χ1) is 13.6. The average Bonchev–Trinajstić information content (AvgIpc) is 3.05. The highest BCUT2D eigenvalue weighted by atomic mass is 32.2. The highest BCUT2D eigenvalue weighted by Gasteiger charge is 2.66. The van der Waals surface area contributed by atoms with Gasteiger partial charge in [-0.1, -0.05) is 0 Å². The second-order valence-corrected chi connectivity index (χ2v) is 7.54. The number of rotatable bonds is 4. The van der Waals surface area contributed by atoms with Crippen molar-refractivity contribution in [2.24, 2.45) is 0 Å². The zero-order valence-corrected chi connectivity index (χ0v) is 15.8. The first-order valence-corrected chi connectivity index (χ1v) is 9.47. The number of nitrogens with one attached hydrogen (secondary N) is 1. The number of nitrogens with zero attached hydrogens (tertiary/aromatic N) is 2. The summed E-state index contributed by atoms with van der Waals surface area (Å²) in [4.78, 5) is 11.0. The van der Waals surface area contributed by atoms with Gasteiger partial charge < -0.3 is 18.8 Å². The number of halogens is 4. The Bertz CT molecular complexity index is 1040. The summed E-state index contributed by atoms with van der Waals surface area (Å²) in [5.41, 5.74) is 1.51. The minimum absolute atomic E-state index is 0.00567. The van der Waals surface area contributed by atoms with E-state index in [9.17, 15) is 22.1 Å². The normalized spacial score (nSPS) is 17.9. The molecule has 1 aliphatic rings. The van der Waals surface area contributed by atoms with Crippen LogP contribution in [0.5, 0.6) is 17.2 Å². The molecule has 1 aliphatic heterocycles. The number of benzene rings is 1. The quantitative estimate of drug-likeness (QED) is 0.502. The van der Waals surface area contributed by atoms with Crippen LogP contribution in [0.25, 0.3) is 11.0 Å². The number of hydrogen-bond acceptors (Lipinski definition) is 6. The summed E-state index contributed by atoms with van der Waals surface area (Å²) in [7, 11) is 1.50. The van der Waals surface area contributed by atoms with Crippen molar-refractivity contribution in [3.8, 4) is 17.2 Å². The highest BCUT2D eigenvalue weighted by Crippen LogP contribution is 2.47. The molecule has 0 radical (unpaired) electrons. The number of pyridine rings is 1. The van der Waals surface area contributed by atoms with Gasteiger partial charge in [-0.05, 0) is 13.0 Å². The molecule has 12 heteroatoms. The Morgan fingerprint density at radius 2 is 1.83 bits per heavy atom. The molecule has 2 aromatic heterocycles. The molecular weight excluding hydrogens is 418 g/mol. The minimum atomic E-state index is -4.83. The van der Waals surface area contributed by atoms with E-state index in [0.717, 1.165) is 12.1 Å². The SMILES string of the molecule is COc1ccnc(C[S+]([O-])c2nc3cc4c(cc3[nH]2)OC(F)(F)C(F)(F)O4)c1C.